The van der Waals surface area contributed by atoms with Crippen LogP contribution in [0, 0.1) is 5.92 Å². The summed E-state index contributed by atoms with van der Waals surface area (Å²) >= 11 is 1.07. The third-order valence-electron chi connectivity index (χ3n) is 8.60. The van der Waals surface area contributed by atoms with Gasteiger partial charge in [-0.15, -0.1) is 11.3 Å². The molecule has 1 N–H and O–H groups in total. The second-order valence-electron chi connectivity index (χ2n) is 12.1. The molecule has 0 spiro atoms. The van der Waals surface area contributed by atoms with Gasteiger partial charge >= 0.3 is 6.18 Å². The number of nitrogens with one attached hydrogen (secondary N) is 1. The molecule has 2 aromatic rings. The van der Waals surface area contributed by atoms with Crippen molar-refractivity contribution in [2.24, 2.45) is 5.92 Å². The van der Waals surface area contributed by atoms with E-state index < -0.39 is 32.2 Å². The van der Waals surface area contributed by atoms with E-state index in [0.717, 1.165) is 55.6 Å². The van der Waals surface area contributed by atoms with Crippen LogP contribution in [0.15, 0.2) is 23.1 Å². The zero-order valence-electron chi connectivity index (χ0n) is 23.6. The van der Waals surface area contributed by atoms with Crippen LogP contribution in [-0.4, -0.2) is 55.0 Å². The van der Waals surface area contributed by atoms with Gasteiger partial charge in [0.2, 0.25) is 10.0 Å². The van der Waals surface area contributed by atoms with E-state index in [1.54, 1.807) is 13.8 Å². The van der Waals surface area contributed by atoms with Crippen molar-refractivity contribution in [1.82, 2.24) is 14.6 Å². The normalized spacial score (nSPS) is 21.3. The van der Waals surface area contributed by atoms with Gasteiger partial charge in [0.25, 0.3) is 5.91 Å². The van der Waals surface area contributed by atoms with E-state index in [4.69, 9.17) is 4.74 Å². The van der Waals surface area contributed by atoms with Gasteiger partial charge in [0.05, 0.1) is 21.0 Å². The number of alkyl halides is 3. The number of hydrogen-bond donors (Lipinski definition) is 1. The molecule has 1 aromatic carbocycles. The van der Waals surface area contributed by atoms with Gasteiger partial charge in [0, 0.05) is 31.3 Å². The number of sulfonamides is 1. The fraction of sp³-hybridized carbons (Fsp3) is 0.655. The zero-order valence-corrected chi connectivity index (χ0v) is 25.2. The SMILES string of the molecule is CC1(C)CCCN1S(=O)(=O)c1ccc(-c2sc(C(=O)NC3CCOCC3)nc2CC2CCCCC2)cc1C(F)(F)F. The first-order valence-electron chi connectivity index (χ1n) is 14.5. The lowest BCUT2D eigenvalue weighted by Gasteiger charge is -2.31. The predicted octanol–water partition coefficient (Wildman–Crippen LogP) is 6.42. The second-order valence-corrected chi connectivity index (χ2v) is 14.9. The largest absolute Gasteiger partial charge is 0.417 e. The standard InChI is InChI=1S/C29H38F3N3O4S2/c1-28(2)13-6-14-35(28)41(37,38)24-10-9-20(18-22(24)29(30,31)32)25-23(17-19-7-4-3-5-8-19)34-27(40-25)26(36)33-21-11-15-39-16-12-21/h9-10,18-19,21H,3-8,11-17H2,1-2H3,(H,33,36). The van der Waals surface area contributed by atoms with E-state index in [1.165, 1.54) is 10.4 Å². The number of rotatable bonds is 7. The number of hydrogen-bond acceptors (Lipinski definition) is 6. The quantitative estimate of drug-likeness (QED) is 0.389. The lowest BCUT2D eigenvalue weighted by atomic mass is 9.85. The summed E-state index contributed by atoms with van der Waals surface area (Å²) in [4.78, 5) is 17.6. The van der Waals surface area contributed by atoms with Crippen molar-refractivity contribution >= 4 is 27.3 Å². The average Bonchev–Trinajstić information content (AvgIpc) is 3.52. The molecule has 3 aliphatic rings. The summed E-state index contributed by atoms with van der Waals surface area (Å²) in [6, 6.07) is 3.40. The molecule has 226 valence electrons. The number of amides is 1. The number of aromatic nitrogens is 1. The Balaban J connectivity index is 1.53. The number of carbonyl (C=O) groups is 1. The fourth-order valence-electron chi connectivity index (χ4n) is 6.33. The Bertz CT molecular complexity index is 1360. The van der Waals surface area contributed by atoms with Crippen LogP contribution in [0.2, 0.25) is 0 Å². The molecule has 1 aromatic heterocycles. The number of ether oxygens (including phenoxy) is 1. The van der Waals surface area contributed by atoms with Crippen LogP contribution in [0.5, 0.6) is 0 Å². The molecule has 0 unspecified atom stereocenters. The van der Waals surface area contributed by atoms with Crippen LogP contribution in [-0.2, 0) is 27.4 Å². The van der Waals surface area contributed by atoms with E-state index >= 15 is 0 Å². The molecule has 2 saturated heterocycles. The number of nitrogens with zero attached hydrogens (tertiary/aromatic N) is 2. The van der Waals surface area contributed by atoms with Crippen molar-refractivity contribution in [2.45, 2.75) is 101 Å². The summed E-state index contributed by atoms with van der Waals surface area (Å²) < 4.78 is 77.0. The number of thiazole rings is 1. The summed E-state index contributed by atoms with van der Waals surface area (Å²) in [6.45, 7) is 4.78. The van der Waals surface area contributed by atoms with Crippen molar-refractivity contribution in [2.75, 3.05) is 19.8 Å². The van der Waals surface area contributed by atoms with Crippen LogP contribution in [0.3, 0.4) is 0 Å². The summed E-state index contributed by atoms with van der Waals surface area (Å²) in [6.07, 6.45) is 3.62. The van der Waals surface area contributed by atoms with Crippen LogP contribution in [0.4, 0.5) is 13.2 Å². The predicted molar refractivity (Wildman–Crippen MR) is 151 cm³/mol. The Morgan fingerprint density at radius 3 is 2.46 bits per heavy atom. The van der Waals surface area contributed by atoms with Crippen molar-refractivity contribution in [1.29, 1.82) is 0 Å². The van der Waals surface area contributed by atoms with Crippen molar-refractivity contribution < 1.29 is 31.1 Å². The lowest BCUT2D eigenvalue weighted by Crippen LogP contribution is -2.43. The number of benzene rings is 1. The Hall–Kier alpha value is -2.02. The first kappa shape index (κ1) is 30.4. The highest BCUT2D eigenvalue weighted by Gasteiger charge is 2.45. The minimum absolute atomic E-state index is 0.0402. The molecule has 5 rings (SSSR count). The molecule has 2 aliphatic heterocycles. The molecule has 1 aliphatic carbocycles. The smallest absolute Gasteiger partial charge is 0.381 e. The molecule has 3 fully saturated rings. The minimum atomic E-state index is -4.89. The maximum atomic E-state index is 14.5. The summed E-state index contributed by atoms with van der Waals surface area (Å²) in [5.41, 5.74) is -1.13. The van der Waals surface area contributed by atoms with Crippen molar-refractivity contribution in [3.8, 4) is 10.4 Å². The van der Waals surface area contributed by atoms with E-state index in [2.05, 4.69) is 10.3 Å². The van der Waals surface area contributed by atoms with Crippen LogP contribution in [0.1, 0.15) is 92.7 Å². The van der Waals surface area contributed by atoms with Gasteiger partial charge in [-0.3, -0.25) is 4.79 Å². The molecule has 12 heteroatoms. The Morgan fingerprint density at radius 2 is 1.83 bits per heavy atom. The summed E-state index contributed by atoms with van der Waals surface area (Å²) in [5, 5.41) is 3.21. The summed E-state index contributed by atoms with van der Waals surface area (Å²) in [7, 11) is -4.39. The highest BCUT2D eigenvalue weighted by molar-refractivity contribution is 7.89. The van der Waals surface area contributed by atoms with Gasteiger partial charge in [-0.1, -0.05) is 38.2 Å². The Kier molecular flexibility index (Phi) is 8.86. The first-order valence-corrected chi connectivity index (χ1v) is 16.7. The molecule has 1 saturated carbocycles. The summed E-state index contributed by atoms with van der Waals surface area (Å²) in [5.74, 6) is -0.000285. The third-order valence-corrected chi connectivity index (χ3v) is 11.9. The lowest BCUT2D eigenvalue weighted by molar-refractivity contribution is -0.139. The van der Waals surface area contributed by atoms with E-state index in [0.29, 0.717) is 61.8 Å². The Labute approximate surface area is 243 Å². The van der Waals surface area contributed by atoms with E-state index in [-0.39, 0.29) is 29.1 Å². The van der Waals surface area contributed by atoms with Gasteiger partial charge in [-0.05, 0) is 69.6 Å². The third kappa shape index (κ3) is 6.65. The second kappa shape index (κ2) is 11.9. The molecule has 3 heterocycles. The van der Waals surface area contributed by atoms with Crippen molar-refractivity contribution in [3.63, 3.8) is 0 Å². The van der Waals surface area contributed by atoms with Gasteiger partial charge in [0.15, 0.2) is 5.01 Å². The number of carbonyl (C=O) groups excluding carboxylic acids is 1. The molecule has 0 atom stereocenters. The van der Waals surface area contributed by atoms with Gasteiger partial charge in [-0.2, -0.15) is 17.5 Å². The van der Waals surface area contributed by atoms with Gasteiger partial charge in [-0.25, -0.2) is 13.4 Å². The fourth-order valence-corrected chi connectivity index (χ4v) is 9.36. The highest BCUT2D eigenvalue weighted by Crippen LogP contribution is 2.43. The minimum Gasteiger partial charge on any atom is -0.381 e. The maximum Gasteiger partial charge on any atom is 0.417 e. The first-order chi connectivity index (χ1) is 19.4. The van der Waals surface area contributed by atoms with E-state index in [9.17, 15) is 26.4 Å². The number of halogens is 3. The van der Waals surface area contributed by atoms with Gasteiger partial charge in [0.1, 0.15) is 0 Å². The average molecular weight is 614 g/mol. The molecular formula is C29H38F3N3O4S2. The molecule has 0 bridgehead atoms. The molecule has 0 radical (unpaired) electrons. The Morgan fingerprint density at radius 1 is 1.12 bits per heavy atom. The van der Waals surface area contributed by atoms with Crippen LogP contribution >= 0.6 is 11.3 Å². The van der Waals surface area contributed by atoms with Gasteiger partial charge < -0.3 is 10.1 Å². The molecule has 1 amide bonds. The molecule has 7 nitrogen and oxygen atoms in total. The maximum absolute atomic E-state index is 14.5. The monoisotopic (exact) mass is 613 g/mol. The zero-order chi connectivity index (χ0) is 29.4. The molecule has 41 heavy (non-hydrogen) atoms. The topological polar surface area (TPSA) is 88.6 Å². The highest BCUT2D eigenvalue weighted by atomic mass is 32.2. The van der Waals surface area contributed by atoms with Crippen LogP contribution < -0.4 is 5.32 Å². The van der Waals surface area contributed by atoms with E-state index in [1.807, 2.05) is 0 Å². The van der Waals surface area contributed by atoms with Crippen LogP contribution in [0.25, 0.3) is 10.4 Å². The molecular weight excluding hydrogens is 575 g/mol. The van der Waals surface area contributed by atoms with Crippen molar-refractivity contribution in [3.05, 3.63) is 34.5 Å².